The summed E-state index contributed by atoms with van der Waals surface area (Å²) in [6, 6.07) is 16.4. The number of benzene rings is 2. The zero-order chi connectivity index (χ0) is 11.7. The van der Waals surface area contributed by atoms with Crippen molar-refractivity contribution in [1.82, 2.24) is 0 Å². The van der Waals surface area contributed by atoms with Crippen LogP contribution in [0.5, 0.6) is 0 Å². The highest BCUT2D eigenvalue weighted by molar-refractivity contribution is 6.31. The Labute approximate surface area is 106 Å². The van der Waals surface area contributed by atoms with Gasteiger partial charge in [0, 0.05) is 10.9 Å². The molecule has 0 aromatic heterocycles. The summed E-state index contributed by atoms with van der Waals surface area (Å²) < 4.78 is 5.66. The zero-order valence-corrected chi connectivity index (χ0v) is 10.2. The molecule has 3 rings (SSSR count). The lowest BCUT2D eigenvalue weighted by Crippen LogP contribution is -2.18. The first-order valence-corrected chi connectivity index (χ1v) is 6.14. The molecule has 1 atom stereocenters. The number of rotatable bonds is 1. The lowest BCUT2D eigenvalue weighted by Gasteiger charge is -2.27. The average molecular weight is 245 g/mol. The van der Waals surface area contributed by atoms with E-state index >= 15 is 0 Å². The van der Waals surface area contributed by atoms with Crippen LogP contribution in [0.2, 0.25) is 5.02 Å². The van der Waals surface area contributed by atoms with Gasteiger partial charge in [-0.3, -0.25) is 0 Å². The molecular weight excluding hydrogens is 232 g/mol. The van der Waals surface area contributed by atoms with Crippen molar-refractivity contribution in [3.8, 4) is 0 Å². The van der Waals surface area contributed by atoms with E-state index in [0.717, 1.165) is 5.02 Å². The van der Waals surface area contributed by atoms with Crippen molar-refractivity contribution in [3.63, 3.8) is 0 Å². The highest BCUT2D eigenvalue weighted by atomic mass is 35.5. The minimum atomic E-state index is 0.258. The van der Waals surface area contributed by atoms with Gasteiger partial charge in [-0.2, -0.15) is 0 Å². The lowest BCUT2D eigenvalue weighted by atomic mass is 9.87. The summed E-state index contributed by atoms with van der Waals surface area (Å²) >= 11 is 6.33. The summed E-state index contributed by atoms with van der Waals surface area (Å²) in [6.45, 7) is 1.37. The summed E-state index contributed by atoms with van der Waals surface area (Å²) in [5.41, 5.74) is 3.70. The third kappa shape index (κ3) is 1.97. The number of ether oxygens (including phenoxy) is 1. The smallest absolute Gasteiger partial charge is 0.0720 e. The fourth-order valence-corrected chi connectivity index (χ4v) is 2.74. The van der Waals surface area contributed by atoms with Crippen LogP contribution in [0, 0.1) is 0 Å². The summed E-state index contributed by atoms with van der Waals surface area (Å²) in [5, 5.41) is 0.847. The second-order valence-corrected chi connectivity index (χ2v) is 4.70. The number of hydrogen-bond donors (Lipinski definition) is 0. The van der Waals surface area contributed by atoms with Crippen molar-refractivity contribution in [3.05, 3.63) is 70.2 Å². The normalized spacial score (nSPS) is 18.8. The summed E-state index contributed by atoms with van der Waals surface area (Å²) in [5.74, 6) is 0.258. The molecule has 17 heavy (non-hydrogen) atoms. The van der Waals surface area contributed by atoms with Crippen molar-refractivity contribution in [2.45, 2.75) is 12.5 Å². The Morgan fingerprint density at radius 3 is 2.65 bits per heavy atom. The average Bonchev–Trinajstić information content (AvgIpc) is 2.39. The molecular formula is C15H13ClO. The van der Waals surface area contributed by atoms with Crippen LogP contribution in [0.3, 0.4) is 0 Å². The number of hydrogen-bond acceptors (Lipinski definition) is 1. The van der Waals surface area contributed by atoms with Crippen LogP contribution < -0.4 is 0 Å². The Balaban J connectivity index is 2.11. The molecule has 0 bridgehead atoms. The van der Waals surface area contributed by atoms with Crippen molar-refractivity contribution in [2.24, 2.45) is 0 Å². The molecule has 2 aromatic rings. The Morgan fingerprint density at radius 2 is 1.82 bits per heavy atom. The Kier molecular flexibility index (Phi) is 2.87. The Hall–Kier alpha value is -1.31. The molecule has 1 unspecified atom stereocenters. The van der Waals surface area contributed by atoms with Crippen LogP contribution >= 0.6 is 11.6 Å². The summed E-state index contributed by atoms with van der Waals surface area (Å²) in [4.78, 5) is 0. The monoisotopic (exact) mass is 244 g/mol. The molecule has 2 aromatic carbocycles. The SMILES string of the molecule is Clc1cccc2c1C(c1ccccc1)COC2. The van der Waals surface area contributed by atoms with E-state index in [1.54, 1.807) is 0 Å². The number of halogens is 1. The molecule has 0 spiro atoms. The molecule has 86 valence electrons. The maximum Gasteiger partial charge on any atom is 0.0720 e. The fourth-order valence-electron chi connectivity index (χ4n) is 2.42. The molecule has 1 heterocycles. The van der Waals surface area contributed by atoms with Crippen molar-refractivity contribution < 1.29 is 4.74 Å². The molecule has 0 radical (unpaired) electrons. The summed E-state index contributed by atoms with van der Waals surface area (Å²) in [6.07, 6.45) is 0. The maximum atomic E-state index is 6.33. The van der Waals surface area contributed by atoms with Gasteiger partial charge in [0.25, 0.3) is 0 Å². The minimum Gasteiger partial charge on any atom is -0.376 e. The topological polar surface area (TPSA) is 9.23 Å². The van der Waals surface area contributed by atoms with Gasteiger partial charge >= 0.3 is 0 Å². The Morgan fingerprint density at radius 1 is 1.00 bits per heavy atom. The molecule has 2 heteroatoms. The van der Waals surface area contributed by atoms with Crippen molar-refractivity contribution in [1.29, 1.82) is 0 Å². The lowest BCUT2D eigenvalue weighted by molar-refractivity contribution is 0.0994. The van der Waals surface area contributed by atoms with Crippen LogP contribution in [0.25, 0.3) is 0 Å². The molecule has 0 N–H and O–H groups in total. The van der Waals surface area contributed by atoms with Gasteiger partial charge in [0.15, 0.2) is 0 Å². The molecule has 1 aliphatic heterocycles. The highest BCUT2D eigenvalue weighted by Crippen LogP contribution is 2.36. The molecule has 0 saturated heterocycles. The molecule has 0 fully saturated rings. The van der Waals surface area contributed by atoms with E-state index in [1.165, 1.54) is 16.7 Å². The predicted octanol–water partition coefficient (Wildman–Crippen LogP) is 4.00. The van der Waals surface area contributed by atoms with Gasteiger partial charge in [0.2, 0.25) is 0 Å². The third-order valence-corrected chi connectivity index (χ3v) is 3.57. The molecule has 1 aliphatic rings. The van der Waals surface area contributed by atoms with Gasteiger partial charge in [0.1, 0.15) is 0 Å². The van der Waals surface area contributed by atoms with Gasteiger partial charge in [0.05, 0.1) is 13.2 Å². The minimum absolute atomic E-state index is 0.258. The van der Waals surface area contributed by atoms with Gasteiger partial charge in [-0.05, 0) is 22.8 Å². The second kappa shape index (κ2) is 4.52. The van der Waals surface area contributed by atoms with Crippen LogP contribution in [0.1, 0.15) is 22.6 Å². The van der Waals surface area contributed by atoms with E-state index in [4.69, 9.17) is 16.3 Å². The first-order valence-electron chi connectivity index (χ1n) is 5.76. The molecule has 1 nitrogen and oxygen atoms in total. The van der Waals surface area contributed by atoms with Crippen LogP contribution in [-0.4, -0.2) is 6.61 Å². The number of fused-ring (bicyclic) bond motifs is 1. The van der Waals surface area contributed by atoms with Gasteiger partial charge in [-0.15, -0.1) is 0 Å². The second-order valence-electron chi connectivity index (χ2n) is 4.29. The van der Waals surface area contributed by atoms with Crippen LogP contribution in [0.4, 0.5) is 0 Å². The van der Waals surface area contributed by atoms with Crippen LogP contribution in [0.15, 0.2) is 48.5 Å². The van der Waals surface area contributed by atoms with Gasteiger partial charge < -0.3 is 4.74 Å². The highest BCUT2D eigenvalue weighted by Gasteiger charge is 2.24. The van der Waals surface area contributed by atoms with Crippen LogP contribution in [-0.2, 0) is 11.3 Å². The van der Waals surface area contributed by atoms with E-state index < -0.39 is 0 Å². The van der Waals surface area contributed by atoms with Gasteiger partial charge in [-0.1, -0.05) is 54.1 Å². The predicted molar refractivity (Wildman–Crippen MR) is 69.4 cm³/mol. The van der Waals surface area contributed by atoms with Crippen molar-refractivity contribution in [2.75, 3.05) is 6.61 Å². The fraction of sp³-hybridized carbons (Fsp3) is 0.200. The van der Waals surface area contributed by atoms with E-state index in [2.05, 4.69) is 30.3 Å². The largest absolute Gasteiger partial charge is 0.376 e. The van der Waals surface area contributed by atoms with E-state index in [1.807, 2.05) is 18.2 Å². The molecule has 0 amide bonds. The zero-order valence-electron chi connectivity index (χ0n) is 9.40. The summed E-state index contributed by atoms with van der Waals surface area (Å²) in [7, 11) is 0. The van der Waals surface area contributed by atoms with Gasteiger partial charge in [-0.25, -0.2) is 0 Å². The standard InChI is InChI=1S/C15H13ClO/c16-14-8-4-7-12-9-17-10-13(15(12)14)11-5-2-1-3-6-11/h1-8,13H,9-10H2. The molecule has 0 aliphatic carbocycles. The molecule has 0 saturated carbocycles. The van der Waals surface area contributed by atoms with E-state index in [9.17, 15) is 0 Å². The quantitative estimate of drug-likeness (QED) is 0.737. The van der Waals surface area contributed by atoms with E-state index in [-0.39, 0.29) is 5.92 Å². The van der Waals surface area contributed by atoms with E-state index in [0.29, 0.717) is 13.2 Å². The Bertz CT molecular complexity index is 522. The first-order chi connectivity index (χ1) is 8.36. The third-order valence-electron chi connectivity index (χ3n) is 3.24. The first kappa shape index (κ1) is 10.8. The maximum absolute atomic E-state index is 6.33. The van der Waals surface area contributed by atoms with Crippen molar-refractivity contribution >= 4 is 11.6 Å².